The zero-order valence-electron chi connectivity index (χ0n) is 15.9. The number of carbonyl (C=O) groups is 2. The van der Waals surface area contributed by atoms with Crippen molar-refractivity contribution < 1.29 is 19.1 Å². The van der Waals surface area contributed by atoms with E-state index >= 15 is 0 Å². The van der Waals surface area contributed by atoms with Gasteiger partial charge in [0.1, 0.15) is 6.61 Å². The number of rotatable bonds is 5. The summed E-state index contributed by atoms with van der Waals surface area (Å²) in [5, 5.41) is 2.94. The molecule has 2 amide bonds. The van der Waals surface area contributed by atoms with Crippen LogP contribution in [-0.4, -0.2) is 43.0 Å². The van der Waals surface area contributed by atoms with E-state index in [2.05, 4.69) is 5.32 Å². The Bertz CT molecular complexity index is 882. The lowest BCUT2D eigenvalue weighted by atomic mass is 9.89. The van der Waals surface area contributed by atoms with Crippen molar-refractivity contribution in [2.24, 2.45) is 5.92 Å². The second-order valence-corrected chi connectivity index (χ2v) is 7.36. The summed E-state index contributed by atoms with van der Waals surface area (Å²) < 4.78 is 11.6. The van der Waals surface area contributed by atoms with Crippen molar-refractivity contribution in [2.75, 3.05) is 25.5 Å². The van der Waals surface area contributed by atoms with Crippen molar-refractivity contribution in [3.8, 4) is 11.5 Å². The molecule has 146 valence electrons. The Balaban J connectivity index is 1.28. The molecule has 1 N–H and O–H groups in total. The second kappa shape index (κ2) is 7.92. The van der Waals surface area contributed by atoms with E-state index in [0.29, 0.717) is 38.2 Å². The van der Waals surface area contributed by atoms with Gasteiger partial charge in [-0.2, -0.15) is 0 Å². The number of anilines is 1. The summed E-state index contributed by atoms with van der Waals surface area (Å²) in [7, 11) is 1.77. The van der Waals surface area contributed by atoms with Crippen molar-refractivity contribution >= 4 is 17.5 Å². The number of fused-ring (bicyclic) bond motifs is 2. The lowest BCUT2D eigenvalue weighted by Gasteiger charge is -2.30. The lowest BCUT2D eigenvalue weighted by Crippen LogP contribution is -2.42. The Morgan fingerprint density at radius 3 is 2.75 bits per heavy atom. The fraction of sp³-hybridized carbons (Fsp3) is 0.364. The van der Waals surface area contributed by atoms with Gasteiger partial charge in [0.05, 0.1) is 6.54 Å². The highest BCUT2D eigenvalue weighted by atomic mass is 16.6. The molecule has 4 rings (SSSR count). The first-order valence-corrected chi connectivity index (χ1v) is 9.61. The molecule has 2 aliphatic heterocycles. The number of ether oxygens (including phenoxy) is 2. The molecule has 0 aliphatic carbocycles. The van der Waals surface area contributed by atoms with E-state index in [4.69, 9.17) is 9.47 Å². The molecule has 0 saturated carbocycles. The molecule has 2 aliphatic rings. The minimum Gasteiger partial charge on any atom is -0.486 e. The predicted octanol–water partition coefficient (Wildman–Crippen LogP) is 2.88. The fourth-order valence-corrected chi connectivity index (χ4v) is 3.70. The molecular weight excluding hydrogens is 356 g/mol. The summed E-state index contributed by atoms with van der Waals surface area (Å²) in [6.07, 6.45) is 1.35. The van der Waals surface area contributed by atoms with Gasteiger partial charge in [-0.3, -0.25) is 9.59 Å². The minimum absolute atomic E-state index is 0.00484. The maximum Gasteiger partial charge on any atom is 0.227 e. The first-order chi connectivity index (χ1) is 13.6. The summed E-state index contributed by atoms with van der Waals surface area (Å²) in [5.74, 6) is 1.27. The fourth-order valence-electron chi connectivity index (χ4n) is 3.70. The van der Waals surface area contributed by atoms with E-state index in [9.17, 15) is 9.59 Å². The third kappa shape index (κ3) is 3.96. The second-order valence-electron chi connectivity index (χ2n) is 7.36. The number of carbonyl (C=O) groups excluding carboxylic acids is 2. The molecule has 2 atom stereocenters. The van der Waals surface area contributed by atoms with Gasteiger partial charge in [0.25, 0.3) is 0 Å². The summed E-state index contributed by atoms with van der Waals surface area (Å²) >= 11 is 0. The molecular formula is C22H24N2O4. The van der Waals surface area contributed by atoms with E-state index in [0.717, 1.165) is 17.0 Å². The number of amides is 2. The molecule has 0 aromatic heterocycles. The SMILES string of the molecule is CN(CC1COc2ccccc2O1)C(=O)CCC1Cc2ccccc2NC1=O. The van der Waals surface area contributed by atoms with Crippen LogP contribution in [0.3, 0.4) is 0 Å². The Labute approximate surface area is 164 Å². The third-order valence-corrected chi connectivity index (χ3v) is 5.29. The maximum absolute atomic E-state index is 12.6. The first-order valence-electron chi connectivity index (χ1n) is 9.61. The quantitative estimate of drug-likeness (QED) is 0.866. The highest BCUT2D eigenvalue weighted by molar-refractivity contribution is 5.96. The molecule has 6 heteroatoms. The molecule has 0 fully saturated rings. The average Bonchev–Trinajstić information content (AvgIpc) is 2.71. The van der Waals surface area contributed by atoms with Gasteiger partial charge in [-0.1, -0.05) is 30.3 Å². The van der Waals surface area contributed by atoms with Crippen molar-refractivity contribution in [1.82, 2.24) is 4.90 Å². The van der Waals surface area contributed by atoms with Gasteiger partial charge in [-0.15, -0.1) is 0 Å². The Morgan fingerprint density at radius 1 is 1.14 bits per heavy atom. The molecule has 0 radical (unpaired) electrons. The molecule has 0 bridgehead atoms. The Hall–Kier alpha value is -3.02. The van der Waals surface area contributed by atoms with Gasteiger partial charge in [0.2, 0.25) is 11.8 Å². The highest BCUT2D eigenvalue weighted by Gasteiger charge is 2.28. The normalized spacial score (nSPS) is 20.1. The number of hydrogen-bond donors (Lipinski definition) is 1. The van der Waals surface area contributed by atoms with E-state index in [1.807, 2.05) is 48.5 Å². The van der Waals surface area contributed by atoms with E-state index < -0.39 is 0 Å². The van der Waals surface area contributed by atoms with Crippen LogP contribution in [0.25, 0.3) is 0 Å². The smallest absolute Gasteiger partial charge is 0.227 e. The highest BCUT2D eigenvalue weighted by Crippen LogP contribution is 2.31. The number of hydrogen-bond acceptors (Lipinski definition) is 4. The molecule has 2 heterocycles. The predicted molar refractivity (Wildman–Crippen MR) is 105 cm³/mol. The maximum atomic E-state index is 12.6. The van der Waals surface area contributed by atoms with E-state index in [-0.39, 0.29) is 23.8 Å². The van der Waals surface area contributed by atoms with Crippen molar-refractivity contribution in [1.29, 1.82) is 0 Å². The average molecular weight is 380 g/mol. The van der Waals surface area contributed by atoms with Gasteiger partial charge < -0.3 is 19.7 Å². The summed E-state index contributed by atoms with van der Waals surface area (Å²) in [6.45, 7) is 0.864. The topological polar surface area (TPSA) is 67.9 Å². The molecule has 2 unspecified atom stereocenters. The van der Waals surface area contributed by atoms with Gasteiger partial charge in [-0.25, -0.2) is 0 Å². The number of likely N-dealkylation sites (N-methyl/N-ethyl adjacent to an activating group) is 1. The van der Waals surface area contributed by atoms with Crippen LogP contribution < -0.4 is 14.8 Å². The van der Waals surface area contributed by atoms with Crippen molar-refractivity contribution in [3.05, 3.63) is 54.1 Å². The van der Waals surface area contributed by atoms with E-state index in [1.165, 1.54) is 0 Å². The molecule has 2 aromatic rings. The number of nitrogens with zero attached hydrogens (tertiary/aromatic N) is 1. The van der Waals surface area contributed by atoms with Crippen LogP contribution in [0.15, 0.2) is 48.5 Å². The van der Waals surface area contributed by atoms with Gasteiger partial charge >= 0.3 is 0 Å². The minimum atomic E-state index is -0.200. The summed E-state index contributed by atoms with van der Waals surface area (Å²) in [4.78, 5) is 26.5. The Morgan fingerprint density at radius 2 is 1.89 bits per heavy atom. The van der Waals surface area contributed by atoms with Crippen LogP contribution in [0, 0.1) is 5.92 Å². The molecule has 28 heavy (non-hydrogen) atoms. The lowest BCUT2D eigenvalue weighted by molar-refractivity contribution is -0.131. The molecule has 0 spiro atoms. The van der Waals surface area contributed by atoms with Crippen molar-refractivity contribution in [3.63, 3.8) is 0 Å². The van der Waals surface area contributed by atoms with Crippen LogP contribution in [0.1, 0.15) is 18.4 Å². The largest absolute Gasteiger partial charge is 0.486 e. The van der Waals surface area contributed by atoms with E-state index in [1.54, 1.807) is 11.9 Å². The monoisotopic (exact) mass is 380 g/mol. The molecule has 0 saturated heterocycles. The van der Waals surface area contributed by atoms with Gasteiger partial charge in [-0.05, 0) is 36.6 Å². The summed E-state index contributed by atoms with van der Waals surface area (Å²) in [5.41, 5.74) is 2.00. The van der Waals surface area contributed by atoms with Gasteiger partial charge in [0, 0.05) is 25.1 Å². The number of para-hydroxylation sites is 3. The number of nitrogens with one attached hydrogen (secondary N) is 1. The number of benzene rings is 2. The third-order valence-electron chi connectivity index (χ3n) is 5.29. The Kier molecular flexibility index (Phi) is 5.19. The summed E-state index contributed by atoms with van der Waals surface area (Å²) in [6, 6.07) is 15.3. The van der Waals surface area contributed by atoms with Crippen molar-refractivity contribution in [2.45, 2.75) is 25.4 Å². The molecule has 6 nitrogen and oxygen atoms in total. The van der Waals surface area contributed by atoms with Gasteiger partial charge in [0.15, 0.2) is 17.6 Å². The zero-order chi connectivity index (χ0) is 19.5. The van der Waals surface area contributed by atoms with Crippen LogP contribution >= 0.6 is 0 Å². The van der Waals surface area contributed by atoms with Crippen LogP contribution in [-0.2, 0) is 16.0 Å². The molecule has 2 aromatic carbocycles. The first kappa shape index (κ1) is 18.3. The van der Waals surface area contributed by atoms with Crippen LogP contribution in [0.4, 0.5) is 5.69 Å². The van der Waals surface area contributed by atoms with Crippen LogP contribution in [0.5, 0.6) is 11.5 Å². The van der Waals surface area contributed by atoms with Crippen LogP contribution in [0.2, 0.25) is 0 Å². The zero-order valence-corrected chi connectivity index (χ0v) is 15.9. The standard InChI is InChI=1S/C22H24N2O4/c1-24(13-17-14-27-19-8-4-5-9-20(19)28-17)21(25)11-10-16-12-15-6-2-3-7-18(15)23-22(16)26/h2-9,16-17H,10-14H2,1H3,(H,23,26).